The van der Waals surface area contributed by atoms with E-state index in [1.165, 1.54) is 22.9 Å². The van der Waals surface area contributed by atoms with Crippen LogP contribution in [0.4, 0.5) is 0 Å². The summed E-state index contributed by atoms with van der Waals surface area (Å²) in [5.41, 5.74) is 10.6. The number of benzene rings is 3. The first-order valence-electron chi connectivity index (χ1n) is 9.06. The third-order valence-electron chi connectivity index (χ3n) is 4.86. The van der Waals surface area contributed by atoms with Crippen molar-refractivity contribution in [3.63, 3.8) is 0 Å². The highest BCUT2D eigenvalue weighted by Crippen LogP contribution is 2.44. The smallest absolute Gasteiger partial charge is 0.155 e. The second kappa shape index (κ2) is 7.99. The number of thioether (sulfide) groups is 1. The molecule has 0 radical (unpaired) electrons. The Balaban J connectivity index is 1.53. The maximum Gasteiger partial charge on any atom is 0.155 e. The Morgan fingerprint density at radius 1 is 0.852 bits per heavy atom. The van der Waals surface area contributed by atoms with Crippen molar-refractivity contribution in [2.75, 3.05) is 0 Å². The molecule has 0 saturated carbocycles. The minimum absolute atomic E-state index is 0.0194. The SMILES string of the molecule is NC1=N[C@H]([C@@H](O)c2ccccc2)[C@@H](c2ccc(Cc3ccccc3)cc2)S1. The summed E-state index contributed by atoms with van der Waals surface area (Å²) in [4.78, 5) is 4.52. The fourth-order valence-electron chi connectivity index (χ4n) is 3.45. The minimum atomic E-state index is -0.672. The van der Waals surface area contributed by atoms with Crippen LogP contribution in [-0.4, -0.2) is 16.3 Å². The van der Waals surface area contributed by atoms with E-state index in [9.17, 15) is 5.11 Å². The van der Waals surface area contributed by atoms with Crippen LogP contribution in [0.1, 0.15) is 33.6 Å². The third-order valence-corrected chi connectivity index (χ3v) is 6.01. The Bertz CT molecular complexity index is 910. The van der Waals surface area contributed by atoms with Crippen LogP contribution in [0.2, 0.25) is 0 Å². The van der Waals surface area contributed by atoms with Gasteiger partial charge in [-0.3, -0.25) is 4.99 Å². The Labute approximate surface area is 164 Å². The first-order chi connectivity index (χ1) is 13.2. The van der Waals surface area contributed by atoms with E-state index in [-0.39, 0.29) is 11.3 Å². The monoisotopic (exact) mass is 374 g/mol. The van der Waals surface area contributed by atoms with Crippen molar-refractivity contribution in [2.24, 2.45) is 10.7 Å². The molecule has 0 bridgehead atoms. The molecule has 3 aromatic carbocycles. The number of aliphatic hydroxyl groups is 1. The molecular weight excluding hydrogens is 352 g/mol. The lowest BCUT2D eigenvalue weighted by molar-refractivity contribution is 0.147. The second-order valence-corrected chi connectivity index (χ2v) is 7.92. The zero-order chi connectivity index (χ0) is 18.6. The summed E-state index contributed by atoms with van der Waals surface area (Å²) in [5.74, 6) is 0. The number of hydrogen-bond acceptors (Lipinski definition) is 4. The van der Waals surface area contributed by atoms with Gasteiger partial charge in [-0.2, -0.15) is 0 Å². The maximum atomic E-state index is 10.8. The van der Waals surface area contributed by atoms with E-state index in [4.69, 9.17) is 5.73 Å². The first-order valence-corrected chi connectivity index (χ1v) is 9.94. The van der Waals surface area contributed by atoms with Crippen molar-refractivity contribution < 1.29 is 5.11 Å². The highest BCUT2D eigenvalue weighted by atomic mass is 32.2. The molecule has 0 fully saturated rings. The number of aliphatic imine (C=N–C) groups is 1. The van der Waals surface area contributed by atoms with E-state index < -0.39 is 6.10 Å². The molecule has 0 unspecified atom stereocenters. The van der Waals surface area contributed by atoms with Crippen LogP contribution in [0.25, 0.3) is 0 Å². The van der Waals surface area contributed by atoms with Gasteiger partial charge >= 0.3 is 0 Å². The molecule has 0 amide bonds. The Hall–Kier alpha value is -2.56. The highest BCUT2D eigenvalue weighted by molar-refractivity contribution is 8.14. The molecule has 3 nitrogen and oxygen atoms in total. The van der Waals surface area contributed by atoms with Crippen LogP contribution in [0, 0.1) is 0 Å². The van der Waals surface area contributed by atoms with Gasteiger partial charge in [-0.25, -0.2) is 0 Å². The lowest BCUT2D eigenvalue weighted by Crippen LogP contribution is -2.20. The number of rotatable bonds is 5. The predicted octanol–water partition coefficient (Wildman–Crippen LogP) is 4.48. The average molecular weight is 375 g/mol. The summed E-state index contributed by atoms with van der Waals surface area (Å²) in [5, 5.41) is 11.4. The predicted molar refractivity (Wildman–Crippen MR) is 113 cm³/mol. The van der Waals surface area contributed by atoms with E-state index >= 15 is 0 Å². The van der Waals surface area contributed by atoms with Crippen molar-refractivity contribution in [3.05, 3.63) is 107 Å². The molecule has 1 heterocycles. The second-order valence-electron chi connectivity index (χ2n) is 6.76. The highest BCUT2D eigenvalue weighted by Gasteiger charge is 2.36. The van der Waals surface area contributed by atoms with E-state index in [1.54, 1.807) is 0 Å². The van der Waals surface area contributed by atoms with Crippen molar-refractivity contribution in [2.45, 2.75) is 23.8 Å². The molecule has 1 aliphatic heterocycles. The van der Waals surface area contributed by atoms with Gasteiger partial charge in [0.05, 0.1) is 11.3 Å². The van der Waals surface area contributed by atoms with Gasteiger partial charge < -0.3 is 10.8 Å². The van der Waals surface area contributed by atoms with Crippen molar-refractivity contribution in [1.29, 1.82) is 0 Å². The third kappa shape index (κ3) is 4.07. The molecular formula is C23H22N2OS. The molecule has 0 spiro atoms. The number of nitrogens with zero attached hydrogens (tertiary/aromatic N) is 1. The topological polar surface area (TPSA) is 58.6 Å². The van der Waals surface area contributed by atoms with E-state index in [0.29, 0.717) is 5.17 Å². The summed E-state index contributed by atoms with van der Waals surface area (Å²) >= 11 is 1.53. The Morgan fingerprint density at radius 2 is 1.44 bits per heavy atom. The van der Waals surface area contributed by atoms with Crippen LogP contribution < -0.4 is 5.73 Å². The fraction of sp³-hybridized carbons (Fsp3) is 0.174. The quantitative estimate of drug-likeness (QED) is 0.692. The summed E-state index contributed by atoms with van der Waals surface area (Å²) in [6.45, 7) is 0. The van der Waals surface area contributed by atoms with Gasteiger partial charge in [-0.05, 0) is 28.7 Å². The number of aliphatic hydroxyl groups excluding tert-OH is 1. The lowest BCUT2D eigenvalue weighted by atomic mass is 9.95. The molecule has 4 heteroatoms. The molecule has 27 heavy (non-hydrogen) atoms. The van der Waals surface area contributed by atoms with Crippen LogP contribution in [-0.2, 0) is 6.42 Å². The first kappa shape index (κ1) is 17.8. The van der Waals surface area contributed by atoms with Crippen LogP contribution in [0.15, 0.2) is 89.9 Å². The summed E-state index contributed by atoms with van der Waals surface area (Å²) < 4.78 is 0. The summed E-state index contributed by atoms with van der Waals surface area (Å²) in [6.07, 6.45) is 0.238. The van der Waals surface area contributed by atoms with Gasteiger partial charge in [0.2, 0.25) is 0 Å². The van der Waals surface area contributed by atoms with Crippen molar-refractivity contribution in [3.8, 4) is 0 Å². The van der Waals surface area contributed by atoms with E-state index in [2.05, 4.69) is 53.5 Å². The van der Waals surface area contributed by atoms with E-state index in [0.717, 1.165) is 17.5 Å². The standard InChI is InChI=1S/C23H22N2OS/c24-23-25-20(21(26)18-9-5-2-6-10-18)22(27-23)19-13-11-17(12-14-19)15-16-7-3-1-4-8-16/h1-14,20-22,26H,15H2,(H2,24,25)/t20-,21+,22-/m1/s1. The van der Waals surface area contributed by atoms with Crippen molar-refractivity contribution in [1.82, 2.24) is 0 Å². The normalized spacial score (nSPS) is 20.3. The summed E-state index contributed by atoms with van der Waals surface area (Å²) in [6, 6.07) is 28.4. The van der Waals surface area contributed by atoms with Crippen LogP contribution >= 0.6 is 11.8 Å². The molecule has 4 rings (SSSR count). The molecule has 0 saturated heterocycles. The van der Waals surface area contributed by atoms with Gasteiger partial charge in [0.15, 0.2) is 5.17 Å². The van der Waals surface area contributed by atoms with Gasteiger partial charge in [-0.1, -0.05) is 96.7 Å². The average Bonchev–Trinajstić information content (AvgIpc) is 3.11. The molecule has 3 N–H and O–H groups in total. The van der Waals surface area contributed by atoms with Crippen LogP contribution in [0.5, 0.6) is 0 Å². The van der Waals surface area contributed by atoms with Crippen LogP contribution in [0.3, 0.4) is 0 Å². The molecule has 136 valence electrons. The molecule has 3 atom stereocenters. The van der Waals surface area contributed by atoms with Crippen molar-refractivity contribution >= 4 is 16.9 Å². The zero-order valence-electron chi connectivity index (χ0n) is 14.9. The fourth-order valence-corrected chi connectivity index (χ4v) is 4.54. The molecule has 0 aromatic heterocycles. The number of amidine groups is 1. The largest absolute Gasteiger partial charge is 0.386 e. The van der Waals surface area contributed by atoms with Gasteiger partial charge in [0.25, 0.3) is 0 Å². The number of hydrogen-bond donors (Lipinski definition) is 2. The lowest BCUT2D eigenvalue weighted by Gasteiger charge is -2.23. The molecule has 0 aliphatic carbocycles. The maximum absolute atomic E-state index is 10.8. The van der Waals surface area contributed by atoms with Gasteiger partial charge in [0, 0.05) is 0 Å². The minimum Gasteiger partial charge on any atom is -0.386 e. The summed E-state index contributed by atoms with van der Waals surface area (Å²) in [7, 11) is 0. The molecule has 1 aliphatic rings. The zero-order valence-corrected chi connectivity index (χ0v) is 15.7. The van der Waals surface area contributed by atoms with Gasteiger partial charge in [-0.15, -0.1) is 0 Å². The molecule has 3 aromatic rings. The van der Waals surface area contributed by atoms with Gasteiger partial charge in [0.1, 0.15) is 6.10 Å². The Morgan fingerprint density at radius 3 is 2.11 bits per heavy atom. The van der Waals surface area contributed by atoms with E-state index in [1.807, 2.05) is 36.4 Å². The number of nitrogens with two attached hydrogens (primary N) is 1. The Kier molecular flexibility index (Phi) is 5.28.